The van der Waals surface area contributed by atoms with E-state index >= 15 is 0 Å². The fraction of sp³-hybridized carbons (Fsp3) is 0.176. The molecular weight excluding hydrogens is 282 g/mol. The van der Waals surface area contributed by atoms with E-state index < -0.39 is 0 Å². The molecule has 0 amide bonds. The number of hydrogen-bond acceptors (Lipinski definition) is 5. The van der Waals surface area contributed by atoms with Gasteiger partial charge in [0.2, 0.25) is 0 Å². The summed E-state index contributed by atoms with van der Waals surface area (Å²) >= 11 is 0. The van der Waals surface area contributed by atoms with Crippen LogP contribution in [-0.4, -0.2) is 18.2 Å². The molecule has 1 aromatic heterocycles. The third-order valence-corrected chi connectivity index (χ3v) is 3.30. The van der Waals surface area contributed by atoms with Crippen molar-refractivity contribution in [2.45, 2.75) is 13.0 Å². The topological polar surface area (TPSA) is 61.6 Å². The van der Waals surface area contributed by atoms with Gasteiger partial charge in [0.1, 0.15) is 11.4 Å². The molecule has 0 spiro atoms. The predicted octanol–water partition coefficient (Wildman–Crippen LogP) is 3.28. The van der Waals surface area contributed by atoms with Gasteiger partial charge >= 0.3 is 5.97 Å². The second-order valence-electron chi connectivity index (χ2n) is 4.81. The van der Waals surface area contributed by atoms with Gasteiger partial charge in [0, 0.05) is 17.2 Å². The second kappa shape index (κ2) is 6.30. The van der Waals surface area contributed by atoms with Crippen LogP contribution in [0, 0.1) is 0 Å². The Balaban J connectivity index is 1.64. The van der Waals surface area contributed by atoms with Gasteiger partial charge in [-0.2, -0.15) is 0 Å². The molecule has 3 rings (SSSR count). The third kappa shape index (κ3) is 3.09. The zero-order chi connectivity index (χ0) is 15.4. The van der Waals surface area contributed by atoms with Gasteiger partial charge in [-0.3, -0.25) is 0 Å². The number of hydrogen-bond donors (Lipinski definition) is 0. The maximum atomic E-state index is 11.8. The van der Waals surface area contributed by atoms with Crippen molar-refractivity contribution in [1.82, 2.24) is 5.16 Å². The monoisotopic (exact) mass is 297 g/mol. The van der Waals surface area contributed by atoms with Crippen molar-refractivity contribution in [2.75, 3.05) is 7.11 Å². The maximum absolute atomic E-state index is 11.8. The fourth-order valence-corrected chi connectivity index (χ4v) is 2.13. The lowest BCUT2D eigenvalue weighted by molar-refractivity contribution is -0.140. The van der Waals surface area contributed by atoms with Crippen molar-refractivity contribution in [2.24, 2.45) is 0 Å². The molecule has 5 heteroatoms. The lowest BCUT2D eigenvalue weighted by Gasteiger charge is -2.02. The van der Waals surface area contributed by atoms with Gasteiger partial charge in [0.05, 0.1) is 7.11 Å². The number of carbonyl (C=O) groups is 1. The van der Waals surface area contributed by atoms with Crippen LogP contribution in [0.15, 0.2) is 58.7 Å². The van der Waals surface area contributed by atoms with Crippen LogP contribution in [0.2, 0.25) is 0 Å². The normalized spacial score (nSPS) is 13.0. The van der Waals surface area contributed by atoms with E-state index in [-0.39, 0.29) is 12.6 Å². The maximum Gasteiger partial charge on any atom is 0.334 e. The molecule has 2 aromatic rings. The van der Waals surface area contributed by atoms with Crippen LogP contribution in [0.4, 0.5) is 0 Å². The molecule has 1 heterocycles. The van der Waals surface area contributed by atoms with Gasteiger partial charge in [-0.05, 0) is 18.6 Å². The molecule has 0 bridgehead atoms. The first-order valence-corrected chi connectivity index (χ1v) is 6.89. The Morgan fingerprint density at radius 2 is 2.27 bits per heavy atom. The number of methoxy groups -OCH3 is 1. The molecule has 5 nitrogen and oxygen atoms in total. The molecule has 0 unspecified atom stereocenters. The van der Waals surface area contributed by atoms with Gasteiger partial charge in [0.15, 0.2) is 12.4 Å². The van der Waals surface area contributed by atoms with Crippen molar-refractivity contribution in [3.8, 4) is 17.0 Å². The van der Waals surface area contributed by atoms with Crippen molar-refractivity contribution in [3.05, 3.63) is 59.9 Å². The van der Waals surface area contributed by atoms with Crippen LogP contribution < -0.4 is 4.74 Å². The number of carbonyl (C=O) groups excluding carboxylic acids is 1. The number of nitrogens with zero attached hydrogens (tertiary/aromatic N) is 1. The Hall–Kier alpha value is -2.82. The highest BCUT2D eigenvalue weighted by Gasteiger charge is 2.14. The molecule has 0 saturated heterocycles. The van der Waals surface area contributed by atoms with Crippen LogP contribution in [0.3, 0.4) is 0 Å². The number of ether oxygens (including phenoxy) is 2. The Morgan fingerprint density at radius 1 is 1.36 bits per heavy atom. The number of aromatic nitrogens is 1. The zero-order valence-electron chi connectivity index (χ0n) is 12.1. The first kappa shape index (κ1) is 14.1. The first-order chi connectivity index (χ1) is 10.8. The van der Waals surface area contributed by atoms with Gasteiger partial charge in [0.25, 0.3) is 0 Å². The van der Waals surface area contributed by atoms with E-state index in [9.17, 15) is 4.79 Å². The Morgan fingerprint density at radius 3 is 3.05 bits per heavy atom. The van der Waals surface area contributed by atoms with Gasteiger partial charge in [-0.15, -0.1) is 0 Å². The molecule has 112 valence electrons. The second-order valence-corrected chi connectivity index (χ2v) is 4.81. The van der Waals surface area contributed by atoms with Crippen molar-refractivity contribution in [3.63, 3.8) is 0 Å². The summed E-state index contributed by atoms with van der Waals surface area (Å²) in [6.07, 6.45) is 6.12. The zero-order valence-corrected chi connectivity index (χ0v) is 12.1. The summed E-state index contributed by atoms with van der Waals surface area (Å²) in [5.74, 6) is 0.913. The van der Waals surface area contributed by atoms with Gasteiger partial charge < -0.3 is 14.0 Å². The minimum absolute atomic E-state index is 0.0626. The number of allylic oxidation sites excluding steroid dienone is 3. The largest absolute Gasteiger partial charge is 0.497 e. The van der Waals surface area contributed by atoms with E-state index in [1.165, 1.54) is 0 Å². The average Bonchev–Trinajstić information content (AvgIpc) is 3.24. The van der Waals surface area contributed by atoms with Gasteiger partial charge in [-0.25, -0.2) is 4.79 Å². The molecule has 0 N–H and O–H groups in total. The van der Waals surface area contributed by atoms with E-state index in [0.29, 0.717) is 23.4 Å². The quantitative estimate of drug-likeness (QED) is 0.793. The highest BCUT2D eigenvalue weighted by molar-refractivity contribution is 5.89. The van der Waals surface area contributed by atoms with Crippen molar-refractivity contribution < 1.29 is 18.8 Å². The lowest BCUT2D eigenvalue weighted by Crippen LogP contribution is -2.06. The highest BCUT2D eigenvalue weighted by atomic mass is 16.5. The number of rotatable bonds is 5. The Bertz CT molecular complexity index is 743. The van der Waals surface area contributed by atoms with E-state index in [1.54, 1.807) is 19.3 Å². The molecule has 22 heavy (non-hydrogen) atoms. The average molecular weight is 297 g/mol. The minimum Gasteiger partial charge on any atom is -0.497 e. The first-order valence-electron chi connectivity index (χ1n) is 6.89. The van der Waals surface area contributed by atoms with Crippen LogP contribution in [-0.2, 0) is 16.1 Å². The van der Waals surface area contributed by atoms with Crippen LogP contribution >= 0.6 is 0 Å². The molecule has 1 aromatic carbocycles. The molecule has 0 aliphatic heterocycles. The summed E-state index contributed by atoms with van der Waals surface area (Å²) in [5.41, 5.74) is 2.20. The molecular formula is C17H15NO4. The van der Waals surface area contributed by atoms with E-state index in [1.807, 2.05) is 36.4 Å². The summed E-state index contributed by atoms with van der Waals surface area (Å²) < 4.78 is 15.6. The summed E-state index contributed by atoms with van der Waals surface area (Å²) in [6.45, 7) is 0.0626. The van der Waals surface area contributed by atoms with E-state index in [2.05, 4.69) is 5.16 Å². The number of benzene rings is 1. The Kier molecular flexibility index (Phi) is 4.05. The summed E-state index contributed by atoms with van der Waals surface area (Å²) in [5, 5.41) is 3.99. The smallest absolute Gasteiger partial charge is 0.334 e. The fourth-order valence-electron chi connectivity index (χ4n) is 2.13. The summed E-state index contributed by atoms with van der Waals surface area (Å²) in [4.78, 5) is 11.8. The Labute approximate surface area is 127 Å². The van der Waals surface area contributed by atoms with Crippen LogP contribution in [0.25, 0.3) is 11.3 Å². The number of esters is 1. The van der Waals surface area contributed by atoms with E-state index in [4.69, 9.17) is 14.0 Å². The SMILES string of the molecule is COc1cccc(-c2cc(COC(=O)C3=CC=CC3)on2)c1. The highest BCUT2D eigenvalue weighted by Crippen LogP contribution is 2.24. The third-order valence-electron chi connectivity index (χ3n) is 3.30. The molecule has 1 aliphatic carbocycles. The van der Waals surface area contributed by atoms with Gasteiger partial charge in [-0.1, -0.05) is 35.5 Å². The van der Waals surface area contributed by atoms with Crippen molar-refractivity contribution >= 4 is 5.97 Å². The van der Waals surface area contributed by atoms with Crippen molar-refractivity contribution in [1.29, 1.82) is 0 Å². The van der Waals surface area contributed by atoms with E-state index in [0.717, 1.165) is 11.3 Å². The van der Waals surface area contributed by atoms with Crippen LogP contribution in [0.5, 0.6) is 5.75 Å². The minimum atomic E-state index is -0.329. The van der Waals surface area contributed by atoms with Crippen LogP contribution in [0.1, 0.15) is 12.2 Å². The molecule has 1 aliphatic rings. The molecule has 0 fully saturated rings. The summed E-state index contributed by atoms with van der Waals surface area (Å²) in [6, 6.07) is 9.26. The predicted molar refractivity (Wildman–Crippen MR) is 80.1 cm³/mol. The summed E-state index contributed by atoms with van der Waals surface area (Å²) in [7, 11) is 1.61. The standard InChI is InChI=1S/C17H15NO4/c1-20-14-8-4-7-13(9-14)16-10-15(22-18-16)11-21-17(19)12-5-2-3-6-12/h2-5,7-10H,6,11H2,1H3. The molecule has 0 atom stereocenters. The molecule has 0 saturated carbocycles. The molecule has 0 radical (unpaired) electrons. The lowest BCUT2D eigenvalue weighted by atomic mass is 10.1.